The van der Waals surface area contributed by atoms with Crippen LogP contribution in [0.2, 0.25) is 0 Å². The number of hydrogen-bond acceptors (Lipinski definition) is 6. The summed E-state index contributed by atoms with van der Waals surface area (Å²) in [6, 6.07) is 9.12. The number of benzene rings is 1. The Hall–Kier alpha value is -3.29. The van der Waals surface area contributed by atoms with E-state index in [9.17, 15) is 9.59 Å². The Morgan fingerprint density at radius 3 is 2.69 bits per heavy atom. The summed E-state index contributed by atoms with van der Waals surface area (Å²) >= 11 is 0. The van der Waals surface area contributed by atoms with Gasteiger partial charge >= 0.3 is 0 Å². The van der Waals surface area contributed by atoms with E-state index < -0.39 is 0 Å². The van der Waals surface area contributed by atoms with Crippen LogP contribution in [-0.2, 0) is 11.3 Å². The molecule has 1 aliphatic heterocycles. The van der Waals surface area contributed by atoms with Crippen molar-refractivity contribution in [2.75, 3.05) is 18.4 Å². The molecule has 8 heteroatoms. The molecule has 1 fully saturated rings. The minimum Gasteiger partial charge on any atom is -0.348 e. The maximum Gasteiger partial charge on any atom is 0.261 e. The molecular weight excluding hydrogens is 332 g/mol. The van der Waals surface area contributed by atoms with E-state index in [2.05, 4.69) is 20.3 Å². The van der Waals surface area contributed by atoms with E-state index in [-0.39, 0.29) is 23.9 Å². The summed E-state index contributed by atoms with van der Waals surface area (Å²) < 4.78 is 1.49. The molecule has 0 spiro atoms. The van der Waals surface area contributed by atoms with Crippen molar-refractivity contribution >= 4 is 22.8 Å². The molecule has 1 saturated heterocycles. The van der Waals surface area contributed by atoms with E-state index in [1.807, 2.05) is 12.1 Å². The number of hydrogen-bond donors (Lipinski definition) is 1. The molecule has 26 heavy (non-hydrogen) atoms. The molecule has 0 saturated carbocycles. The zero-order valence-corrected chi connectivity index (χ0v) is 14.1. The monoisotopic (exact) mass is 350 g/mol. The summed E-state index contributed by atoms with van der Waals surface area (Å²) in [5, 5.41) is 3.75. The minimum absolute atomic E-state index is 0.0251. The second kappa shape index (κ2) is 6.91. The normalized spacial score (nSPS) is 14.2. The van der Waals surface area contributed by atoms with Crippen LogP contribution in [-0.4, -0.2) is 49.5 Å². The number of carbonyl (C=O) groups is 1. The Balaban J connectivity index is 1.31. The van der Waals surface area contributed by atoms with Gasteiger partial charge in [0.25, 0.3) is 5.56 Å². The zero-order chi connectivity index (χ0) is 17.9. The Morgan fingerprint density at radius 2 is 1.88 bits per heavy atom. The number of para-hydroxylation sites is 1. The van der Waals surface area contributed by atoms with Crippen molar-refractivity contribution in [2.45, 2.75) is 19.0 Å². The molecule has 8 nitrogen and oxygen atoms in total. The summed E-state index contributed by atoms with van der Waals surface area (Å²) in [6.07, 6.45) is 5.12. The highest BCUT2D eigenvalue weighted by atomic mass is 16.2. The van der Waals surface area contributed by atoms with Crippen LogP contribution in [0.4, 0.5) is 5.95 Å². The smallest absolute Gasteiger partial charge is 0.261 e. The second-order valence-electron chi connectivity index (χ2n) is 6.22. The highest BCUT2D eigenvalue weighted by molar-refractivity contribution is 5.78. The quantitative estimate of drug-likeness (QED) is 0.735. The maximum atomic E-state index is 12.4. The predicted octanol–water partition coefficient (Wildman–Crippen LogP) is 0.899. The minimum atomic E-state index is -0.118. The molecule has 0 aliphatic carbocycles. The summed E-state index contributed by atoms with van der Waals surface area (Å²) in [6.45, 7) is 1.55. The number of fused-ring (bicyclic) bond motifs is 1. The van der Waals surface area contributed by atoms with E-state index in [0.717, 1.165) is 0 Å². The van der Waals surface area contributed by atoms with E-state index in [1.54, 1.807) is 35.5 Å². The SMILES string of the molecule is O=C(CCn1cnc2ccccc2c1=O)N1CC(Nc2ncccn2)C1. The Morgan fingerprint density at radius 1 is 1.12 bits per heavy atom. The second-order valence-corrected chi connectivity index (χ2v) is 6.22. The maximum absolute atomic E-state index is 12.4. The van der Waals surface area contributed by atoms with Gasteiger partial charge in [-0.05, 0) is 18.2 Å². The first-order valence-corrected chi connectivity index (χ1v) is 8.46. The van der Waals surface area contributed by atoms with E-state index in [0.29, 0.717) is 36.5 Å². The first-order chi connectivity index (χ1) is 12.7. The van der Waals surface area contributed by atoms with Crippen molar-refractivity contribution in [2.24, 2.45) is 0 Å². The molecule has 0 bridgehead atoms. The molecule has 3 aromatic rings. The molecule has 4 rings (SSSR count). The van der Waals surface area contributed by atoms with Gasteiger partial charge in [0.05, 0.1) is 23.3 Å². The molecule has 1 amide bonds. The predicted molar refractivity (Wildman–Crippen MR) is 96.6 cm³/mol. The van der Waals surface area contributed by atoms with Crippen molar-refractivity contribution in [3.05, 3.63) is 59.4 Å². The number of nitrogens with zero attached hydrogens (tertiary/aromatic N) is 5. The van der Waals surface area contributed by atoms with Crippen molar-refractivity contribution in [1.29, 1.82) is 0 Å². The zero-order valence-electron chi connectivity index (χ0n) is 14.1. The average Bonchev–Trinajstić information content (AvgIpc) is 2.64. The molecule has 1 aromatic carbocycles. The van der Waals surface area contributed by atoms with Crippen LogP contribution in [0.3, 0.4) is 0 Å². The molecule has 0 radical (unpaired) electrons. The molecule has 2 aromatic heterocycles. The van der Waals surface area contributed by atoms with Crippen LogP contribution in [0.1, 0.15) is 6.42 Å². The van der Waals surface area contributed by atoms with Crippen molar-refractivity contribution in [1.82, 2.24) is 24.4 Å². The number of rotatable bonds is 5. The average molecular weight is 350 g/mol. The van der Waals surface area contributed by atoms with Gasteiger partial charge in [0, 0.05) is 38.4 Å². The summed E-state index contributed by atoms with van der Waals surface area (Å²) in [4.78, 5) is 39.0. The number of nitrogens with one attached hydrogen (secondary N) is 1. The lowest BCUT2D eigenvalue weighted by Crippen LogP contribution is -2.57. The lowest BCUT2D eigenvalue weighted by Gasteiger charge is -2.39. The van der Waals surface area contributed by atoms with Gasteiger partial charge in [-0.25, -0.2) is 15.0 Å². The molecule has 1 aliphatic rings. The van der Waals surface area contributed by atoms with Gasteiger partial charge in [0.15, 0.2) is 0 Å². The molecule has 0 unspecified atom stereocenters. The van der Waals surface area contributed by atoms with Gasteiger partial charge in [0.2, 0.25) is 11.9 Å². The molecule has 1 N–H and O–H groups in total. The number of aryl methyl sites for hydroxylation is 1. The first kappa shape index (κ1) is 16.2. The van der Waals surface area contributed by atoms with Crippen LogP contribution in [0, 0.1) is 0 Å². The Kier molecular flexibility index (Phi) is 4.30. The van der Waals surface area contributed by atoms with Gasteiger partial charge in [0.1, 0.15) is 0 Å². The molecule has 3 heterocycles. The third-order valence-electron chi connectivity index (χ3n) is 4.43. The van der Waals surface area contributed by atoms with Gasteiger partial charge < -0.3 is 10.2 Å². The number of likely N-dealkylation sites (tertiary alicyclic amines) is 1. The van der Waals surface area contributed by atoms with Crippen LogP contribution in [0.25, 0.3) is 10.9 Å². The Labute approximate surface area is 149 Å². The molecule has 0 atom stereocenters. The first-order valence-electron chi connectivity index (χ1n) is 8.46. The van der Waals surface area contributed by atoms with E-state index >= 15 is 0 Å². The Bertz CT molecular complexity index is 982. The van der Waals surface area contributed by atoms with Gasteiger partial charge in [-0.2, -0.15) is 0 Å². The van der Waals surface area contributed by atoms with Crippen molar-refractivity contribution in [3.63, 3.8) is 0 Å². The van der Waals surface area contributed by atoms with Crippen LogP contribution < -0.4 is 10.9 Å². The van der Waals surface area contributed by atoms with E-state index in [1.165, 1.54) is 10.9 Å². The van der Waals surface area contributed by atoms with Crippen LogP contribution in [0.5, 0.6) is 0 Å². The van der Waals surface area contributed by atoms with Crippen LogP contribution >= 0.6 is 0 Å². The molecule has 132 valence electrons. The standard InChI is InChI=1S/C18H18N6O2/c25-16(24-10-13(11-24)22-18-19-7-3-8-20-18)6-9-23-12-21-15-5-2-1-4-14(15)17(23)26/h1-5,7-8,12-13H,6,9-11H2,(H,19,20,22). The summed E-state index contributed by atoms with van der Waals surface area (Å²) in [5.41, 5.74) is 0.549. The fourth-order valence-electron chi connectivity index (χ4n) is 2.97. The van der Waals surface area contributed by atoms with Crippen molar-refractivity contribution in [3.8, 4) is 0 Å². The van der Waals surface area contributed by atoms with E-state index in [4.69, 9.17) is 0 Å². The number of aromatic nitrogens is 4. The number of anilines is 1. The van der Waals surface area contributed by atoms with Crippen molar-refractivity contribution < 1.29 is 4.79 Å². The fourth-order valence-corrected chi connectivity index (χ4v) is 2.97. The van der Waals surface area contributed by atoms with Gasteiger partial charge in [-0.1, -0.05) is 12.1 Å². The summed E-state index contributed by atoms with van der Waals surface area (Å²) in [5.74, 6) is 0.593. The number of amides is 1. The summed E-state index contributed by atoms with van der Waals surface area (Å²) in [7, 11) is 0. The molecular formula is C18H18N6O2. The lowest BCUT2D eigenvalue weighted by atomic mass is 10.1. The topological polar surface area (TPSA) is 93.0 Å². The largest absolute Gasteiger partial charge is 0.348 e. The van der Waals surface area contributed by atoms with Gasteiger partial charge in [-0.15, -0.1) is 0 Å². The highest BCUT2D eigenvalue weighted by Crippen LogP contribution is 2.13. The lowest BCUT2D eigenvalue weighted by molar-refractivity contribution is -0.135. The third-order valence-corrected chi connectivity index (χ3v) is 4.43. The fraction of sp³-hybridized carbons (Fsp3) is 0.278. The third kappa shape index (κ3) is 3.26. The number of carbonyl (C=O) groups excluding carboxylic acids is 1. The van der Waals surface area contributed by atoms with Gasteiger partial charge in [-0.3, -0.25) is 14.2 Å². The highest BCUT2D eigenvalue weighted by Gasteiger charge is 2.30. The van der Waals surface area contributed by atoms with Crippen LogP contribution in [0.15, 0.2) is 53.8 Å².